The van der Waals surface area contributed by atoms with Crippen molar-refractivity contribution in [1.29, 1.82) is 0 Å². The molecule has 0 aliphatic carbocycles. The Hall–Kier alpha value is -1.73. The monoisotopic (exact) mass is 179 g/mol. The molecule has 13 heavy (non-hydrogen) atoms. The molecule has 0 atom stereocenters. The Morgan fingerprint density at radius 3 is 2.85 bits per heavy atom. The maximum atomic E-state index is 10.6. The zero-order chi connectivity index (χ0) is 10.1. The molecule has 3 nitrogen and oxygen atoms in total. The molecule has 0 aliphatic heterocycles. The van der Waals surface area contributed by atoms with E-state index in [4.69, 9.17) is 5.11 Å². The van der Waals surface area contributed by atoms with E-state index in [0.717, 1.165) is 6.54 Å². The molecule has 0 heterocycles. The van der Waals surface area contributed by atoms with Crippen LogP contribution in [0, 0.1) is 0 Å². The third-order valence-electron chi connectivity index (χ3n) is 1.21. The molecule has 2 N–H and O–H groups in total. The summed E-state index contributed by atoms with van der Waals surface area (Å²) in [6, 6.07) is 0. The number of hydrogen-bond donors (Lipinski definition) is 2. The number of carbonyl (C=O) groups is 1. The molecule has 3 heteroatoms. The lowest BCUT2D eigenvalue weighted by Crippen LogP contribution is -2.04. The molecule has 0 aliphatic rings. The van der Waals surface area contributed by atoms with Crippen molar-refractivity contribution in [2.75, 3.05) is 6.54 Å². The zero-order valence-electron chi connectivity index (χ0n) is 7.58. The second-order valence-electron chi connectivity index (χ2n) is 2.19. The molecule has 0 bridgehead atoms. The molecule has 0 rings (SSSR count). The van der Waals surface area contributed by atoms with Crippen LogP contribution in [0.15, 0.2) is 42.3 Å². The predicted molar refractivity (Wildman–Crippen MR) is 52.2 cm³/mol. The van der Waals surface area contributed by atoms with Crippen LogP contribution in [0.1, 0.15) is 6.92 Å². The van der Waals surface area contributed by atoms with Crippen molar-refractivity contribution in [2.24, 2.45) is 0 Å². The van der Waals surface area contributed by atoms with E-state index >= 15 is 0 Å². The van der Waals surface area contributed by atoms with Crippen molar-refractivity contribution in [1.82, 2.24) is 5.32 Å². The van der Waals surface area contributed by atoms with E-state index in [2.05, 4.69) is 17.6 Å². The molecule has 0 aromatic heterocycles. The van der Waals surface area contributed by atoms with Gasteiger partial charge in [-0.1, -0.05) is 6.58 Å². The highest BCUT2D eigenvalue weighted by molar-refractivity contribution is 5.90. The summed E-state index contributed by atoms with van der Waals surface area (Å²) < 4.78 is 0. The van der Waals surface area contributed by atoms with Crippen molar-refractivity contribution in [3.8, 4) is 0 Å². The highest BCUT2D eigenvalue weighted by atomic mass is 16.4. The van der Waals surface area contributed by atoms with Crippen LogP contribution in [0.5, 0.6) is 0 Å². The van der Waals surface area contributed by atoms with Crippen LogP contribution in [0.2, 0.25) is 0 Å². The number of rotatable bonds is 5. The number of nitrogens with one attached hydrogen (secondary N) is 1. The van der Waals surface area contributed by atoms with Crippen LogP contribution >= 0.6 is 0 Å². The molecule has 0 saturated carbocycles. The lowest BCUT2D eigenvalue weighted by molar-refractivity contribution is -0.132. The van der Waals surface area contributed by atoms with Gasteiger partial charge in [-0.05, 0) is 31.4 Å². The van der Waals surface area contributed by atoms with Crippen molar-refractivity contribution in [2.45, 2.75) is 6.92 Å². The SMILES string of the molecule is C=C=C/C=C(\C=C/NCC)C(=O)O. The lowest BCUT2D eigenvalue weighted by atomic mass is 10.2. The van der Waals surface area contributed by atoms with Gasteiger partial charge in [0.15, 0.2) is 0 Å². The average Bonchev–Trinajstić information content (AvgIpc) is 2.10. The summed E-state index contributed by atoms with van der Waals surface area (Å²) in [6.07, 6.45) is 5.97. The van der Waals surface area contributed by atoms with Crippen LogP contribution < -0.4 is 5.32 Å². The Morgan fingerprint density at radius 2 is 2.38 bits per heavy atom. The van der Waals surface area contributed by atoms with E-state index in [-0.39, 0.29) is 5.57 Å². The smallest absolute Gasteiger partial charge is 0.335 e. The third kappa shape index (κ3) is 5.53. The minimum Gasteiger partial charge on any atom is -0.478 e. The van der Waals surface area contributed by atoms with E-state index in [9.17, 15) is 4.79 Å². The molecule has 0 amide bonds. The third-order valence-corrected chi connectivity index (χ3v) is 1.21. The Labute approximate surface area is 77.8 Å². The molecule has 0 spiro atoms. The van der Waals surface area contributed by atoms with Gasteiger partial charge in [0.2, 0.25) is 0 Å². The highest BCUT2D eigenvalue weighted by Crippen LogP contribution is 1.96. The Balaban J connectivity index is 4.43. The molecule has 0 radical (unpaired) electrons. The molecule has 0 aromatic carbocycles. The van der Waals surface area contributed by atoms with Gasteiger partial charge in [0, 0.05) is 6.54 Å². The summed E-state index contributed by atoms with van der Waals surface area (Å²) in [5.74, 6) is -0.972. The summed E-state index contributed by atoms with van der Waals surface area (Å²) in [5.41, 5.74) is 2.67. The fourth-order valence-corrected chi connectivity index (χ4v) is 0.613. The number of hydrogen-bond acceptors (Lipinski definition) is 2. The Morgan fingerprint density at radius 1 is 1.69 bits per heavy atom. The first-order valence-electron chi connectivity index (χ1n) is 3.91. The van der Waals surface area contributed by atoms with Gasteiger partial charge in [0.1, 0.15) is 0 Å². The van der Waals surface area contributed by atoms with Crippen LogP contribution in [-0.4, -0.2) is 17.6 Å². The summed E-state index contributed by atoms with van der Waals surface area (Å²) in [4.78, 5) is 10.6. The standard InChI is InChI=1S/C10H13NO2/c1-3-5-6-9(10(12)13)7-8-11-4-2/h5-8,11H,1,4H2,2H3,(H,12,13)/b8-7-,9-6+. The van der Waals surface area contributed by atoms with Gasteiger partial charge in [-0.15, -0.1) is 5.73 Å². The largest absolute Gasteiger partial charge is 0.478 e. The number of carboxylic acids is 1. The van der Waals surface area contributed by atoms with Gasteiger partial charge < -0.3 is 10.4 Å². The first kappa shape index (κ1) is 11.3. The van der Waals surface area contributed by atoms with Crippen molar-refractivity contribution >= 4 is 5.97 Å². The minimum atomic E-state index is -0.972. The van der Waals surface area contributed by atoms with E-state index in [1.54, 1.807) is 6.20 Å². The van der Waals surface area contributed by atoms with Crippen LogP contribution in [-0.2, 0) is 4.79 Å². The number of carboxylic acid groups (broad SMARTS) is 1. The van der Waals surface area contributed by atoms with Gasteiger partial charge >= 0.3 is 5.97 Å². The summed E-state index contributed by atoms with van der Waals surface area (Å²) in [7, 11) is 0. The van der Waals surface area contributed by atoms with E-state index in [1.165, 1.54) is 18.2 Å². The van der Waals surface area contributed by atoms with Gasteiger partial charge in [0.05, 0.1) is 5.57 Å². The highest BCUT2D eigenvalue weighted by Gasteiger charge is 1.99. The fourth-order valence-electron chi connectivity index (χ4n) is 0.613. The Bertz CT molecular complexity index is 271. The average molecular weight is 179 g/mol. The first-order chi connectivity index (χ1) is 6.22. The van der Waals surface area contributed by atoms with E-state index < -0.39 is 5.97 Å². The normalized spacial score (nSPS) is 11.0. The van der Waals surface area contributed by atoms with Crippen molar-refractivity contribution in [3.05, 3.63) is 42.3 Å². The predicted octanol–water partition coefficient (Wildman–Crippen LogP) is 1.46. The van der Waals surface area contributed by atoms with Crippen LogP contribution in [0.25, 0.3) is 0 Å². The van der Waals surface area contributed by atoms with Gasteiger partial charge in [0.25, 0.3) is 0 Å². The molecular weight excluding hydrogens is 166 g/mol. The number of aliphatic carboxylic acids is 1. The molecule has 0 saturated heterocycles. The summed E-state index contributed by atoms with van der Waals surface area (Å²) >= 11 is 0. The number of allylic oxidation sites excluding steroid dienone is 2. The maximum absolute atomic E-state index is 10.6. The van der Waals surface area contributed by atoms with Crippen LogP contribution in [0.4, 0.5) is 0 Å². The fraction of sp³-hybridized carbons (Fsp3) is 0.200. The molecule has 0 aromatic rings. The zero-order valence-corrected chi connectivity index (χ0v) is 7.58. The minimum absolute atomic E-state index is 0.192. The summed E-state index contributed by atoms with van der Waals surface area (Å²) in [6.45, 7) is 6.02. The van der Waals surface area contributed by atoms with Gasteiger partial charge in [-0.25, -0.2) is 4.79 Å². The second-order valence-corrected chi connectivity index (χ2v) is 2.19. The maximum Gasteiger partial charge on any atom is 0.335 e. The van der Waals surface area contributed by atoms with Crippen molar-refractivity contribution in [3.63, 3.8) is 0 Å². The lowest BCUT2D eigenvalue weighted by Gasteiger charge is -1.93. The van der Waals surface area contributed by atoms with Gasteiger partial charge in [-0.3, -0.25) is 0 Å². The molecule has 70 valence electrons. The Kier molecular flexibility index (Phi) is 6.02. The van der Waals surface area contributed by atoms with E-state index in [1.807, 2.05) is 6.92 Å². The van der Waals surface area contributed by atoms with E-state index in [0.29, 0.717) is 0 Å². The molecular formula is C10H13NO2. The molecule has 0 unspecified atom stereocenters. The second kappa shape index (κ2) is 6.95. The van der Waals surface area contributed by atoms with Crippen LogP contribution in [0.3, 0.4) is 0 Å². The van der Waals surface area contributed by atoms with Gasteiger partial charge in [-0.2, -0.15) is 0 Å². The first-order valence-corrected chi connectivity index (χ1v) is 3.91. The summed E-state index contributed by atoms with van der Waals surface area (Å²) in [5, 5.41) is 11.6. The quantitative estimate of drug-likeness (QED) is 0.381. The molecule has 0 fully saturated rings. The van der Waals surface area contributed by atoms with Crippen molar-refractivity contribution < 1.29 is 9.90 Å². The topological polar surface area (TPSA) is 49.3 Å².